The first-order chi connectivity index (χ1) is 22.0. The fourth-order valence-corrected chi connectivity index (χ4v) is 7.11. The van der Waals surface area contributed by atoms with Crippen molar-refractivity contribution in [3.8, 4) is 11.9 Å². The van der Waals surface area contributed by atoms with Crippen LogP contribution in [-0.4, -0.2) is 67.5 Å². The quantitative estimate of drug-likeness (QED) is 0.108. The molecule has 0 saturated carbocycles. The van der Waals surface area contributed by atoms with E-state index in [-0.39, 0.29) is 48.1 Å². The summed E-state index contributed by atoms with van der Waals surface area (Å²) < 4.78 is 36.2. The number of unbranched alkanes of at least 4 members (excludes halogenated alkanes) is 2. The molecule has 0 fully saturated rings. The molecule has 0 spiro atoms. The Morgan fingerprint density at radius 1 is 1.00 bits per heavy atom. The Hall–Kier alpha value is -3.11. The van der Waals surface area contributed by atoms with Crippen molar-refractivity contribution >= 4 is 21.4 Å². The Labute approximate surface area is 275 Å². The van der Waals surface area contributed by atoms with Crippen LogP contribution in [0, 0.1) is 30.1 Å². The summed E-state index contributed by atoms with van der Waals surface area (Å²) in [6.07, 6.45) is 8.16. The van der Waals surface area contributed by atoms with Crippen molar-refractivity contribution < 1.29 is 23.4 Å². The molecule has 0 radical (unpaired) electrons. The molecular weight excluding hydrogens is 606 g/mol. The molecular formula is C34H55N5O6S. The van der Waals surface area contributed by atoms with Gasteiger partial charge in [0.2, 0.25) is 15.9 Å². The van der Waals surface area contributed by atoms with Crippen LogP contribution in [0.5, 0.6) is 5.88 Å². The van der Waals surface area contributed by atoms with Gasteiger partial charge in [-0.25, -0.2) is 8.42 Å². The van der Waals surface area contributed by atoms with Crippen molar-refractivity contribution in [3.05, 3.63) is 45.7 Å². The molecule has 12 heteroatoms. The smallest absolute Gasteiger partial charge is 0.278 e. The van der Waals surface area contributed by atoms with Crippen LogP contribution in [0.4, 0.5) is 11.4 Å². The monoisotopic (exact) mass is 661 g/mol. The van der Waals surface area contributed by atoms with Crippen molar-refractivity contribution in [3.63, 3.8) is 0 Å². The Bertz CT molecular complexity index is 1400. The summed E-state index contributed by atoms with van der Waals surface area (Å²) in [6, 6.07) is 8.51. The Morgan fingerprint density at radius 3 is 2.04 bits per heavy atom. The first-order valence-electron chi connectivity index (χ1n) is 16.7. The van der Waals surface area contributed by atoms with E-state index in [1.807, 2.05) is 6.07 Å². The number of nitrogens with zero attached hydrogens (tertiary/aromatic N) is 4. The fraction of sp³-hybridized carbons (Fsp3) is 0.647. The summed E-state index contributed by atoms with van der Waals surface area (Å²) >= 11 is 0. The molecule has 0 aliphatic heterocycles. The molecule has 0 saturated heterocycles. The van der Waals surface area contributed by atoms with Gasteiger partial charge in [-0.15, -0.1) is 0 Å². The van der Waals surface area contributed by atoms with Crippen LogP contribution in [0.25, 0.3) is 0 Å². The average molecular weight is 662 g/mol. The van der Waals surface area contributed by atoms with Gasteiger partial charge < -0.3 is 14.9 Å². The molecule has 0 aliphatic rings. The number of hydrazine groups is 1. The number of anilines is 2. The summed E-state index contributed by atoms with van der Waals surface area (Å²) in [5.41, 5.74) is 3.39. The summed E-state index contributed by atoms with van der Waals surface area (Å²) in [4.78, 5) is 13.6. The van der Waals surface area contributed by atoms with Gasteiger partial charge in [0, 0.05) is 25.7 Å². The van der Waals surface area contributed by atoms with Gasteiger partial charge in [0.1, 0.15) is 17.3 Å². The highest BCUT2D eigenvalue weighted by Crippen LogP contribution is 2.28. The summed E-state index contributed by atoms with van der Waals surface area (Å²) in [7, 11) is -2.08. The molecule has 2 aromatic rings. The van der Waals surface area contributed by atoms with Crippen LogP contribution in [0.1, 0.15) is 90.2 Å². The number of hydrogen-bond donors (Lipinski definition) is 3. The summed E-state index contributed by atoms with van der Waals surface area (Å²) in [5.74, 6) is 0.139. The summed E-state index contributed by atoms with van der Waals surface area (Å²) in [5, 5.41) is 30.8. The predicted octanol–water partition coefficient (Wildman–Crippen LogP) is 5.63. The Balaban J connectivity index is 2.38. The molecule has 2 rings (SSSR count). The number of aliphatic hydroxyl groups is 1. The third-order valence-corrected chi connectivity index (χ3v) is 10.5. The molecule has 0 aliphatic carbocycles. The third-order valence-electron chi connectivity index (χ3n) is 8.65. The molecule has 11 nitrogen and oxygen atoms in total. The molecule has 2 unspecified atom stereocenters. The van der Waals surface area contributed by atoms with Crippen LogP contribution >= 0.6 is 0 Å². The maximum absolute atomic E-state index is 14.1. The maximum atomic E-state index is 14.1. The number of ether oxygens (including phenoxy) is 1. The zero-order chi connectivity index (χ0) is 34.3. The topological polar surface area (TPSA) is 148 Å². The number of aliphatic hydroxyl groups excluding tert-OH is 1. The van der Waals surface area contributed by atoms with Crippen LogP contribution in [-0.2, 0) is 21.3 Å². The third kappa shape index (κ3) is 10.5. The molecule has 1 heterocycles. The van der Waals surface area contributed by atoms with Crippen LogP contribution in [0.2, 0.25) is 0 Å². The van der Waals surface area contributed by atoms with Crippen molar-refractivity contribution in [2.24, 2.45) is 11.8 Å². The number of nitrogens with one attached hydrogen (secondary N) is 1. The van der Waals surface area contributed by atoms with Crippen molar-refractivity contribution in [1.29, 1.82) is 5.26 Å². The molecule has 46 heavy (non-hydrogen) atoms. The lowest BCUT2D eigenvalue weighted by molar-refractivity contribution is 0.0854. The largest absolute Gasteiger partial charge is 0.493 e. The number of nitriles is 1. The van der Waals surface area contributed by atoms with E-state index in [0.717, 1.165) is 55.9 Å². The first-order valence-corrected chi connectivity index (χ1v) is 18.1. The normalized spacial score (nSPS) is 13.0. The van der Waals surface area contributed by atoms with Gasteiger partial charge in [-0.3, -0.25) is 19.8 Å². The van der Waals surface area contributed by atoms with E-state index >= 15 is 0 Å². The molecule has 0 amide bonds. The molecule has 0 bridgehead atoms. The number of hydrogen-bond acceptors (Lipinski definition) is 9. The highest BCUT2D eigenvalue weighted by atomic mass is 32.2. The van der Waals surface area contributed by atoms with Crippen LogP contribution < -0.4 is 16.0 Å². The average Bonchev–Trinajstić information content (AvgIpc) is 3.05. The molecule has 258 valence electrons. The second kappa shape index (κ2) is 19.5. The molecule has 2 atom stereocenters. The number of rotatable bonds is 22. The van der Waals surface area contributed by atoms with E-state index in [1.165, 1.54) is 0 Å². The highest BCUT2D eigenvalue weighted by molar-refractivity contribution is 7.89. The minimum absolute atomic E-state index is 0.0181. The van der Waals surface area contributed by atoms with Gasteiger partial charge in [-0.05, 0) is 55.9 Å². The van der Waals surface area contributed by atoms with Gasteiger partial charge in [-0.2, -0.15) is 9.57 Å². The van der Waals surface area contributed by atoms with Crippen molar-refractivity contribution in [2.45, 2.75) is 97.4 Å². The standard InChI is InChI=1S/C34H55N5O6S/c1-7-11-13-27(9-3)24-38(25-28(10-4)14-12-8-2)46(43,44)30-17-15-29(16-18-30)37(6)36-32-26(5)31(23-35)33(41)39(34(32)42)19-21-45-22-20-40/h15-18,27-28,36,40-41H,7-14,19-22,24-25H2,1-6H3. The minimum Gasteiger partial charge on any atom is -0.493 e. The number of aromatic nitrogens is 1. The van der Waals surface area contributed by atoms with Gasteiger partial charge in [-0.1, -0.05) is 66.2 Å². The minimum atomic E-state index is -3.76. The SMILES string of the molecule is CCCCC(CC)CN(CC(CC)CCCC)S(=O)(=O)c1ccc(N(C)Nc2c(C)c(C#N)c(O)n(CCOCCO)c2=O)cc1. The van der Waals surface area contributed by atoms with E-state index in [2.05, 4.69) is 33.1 Å². The summed E-state index contributed by atoms with van der Waals surface area (Å²) in [6.45, 7) is 11.1. The second-order valence-electron chi connectivity index (χ2n) is 11.9. The lowest BCUT2D eigenvalue weighted by Crippen LogP contribution is -2.39. The molecule has 3 N–H and O–H groups in total. The second-order valence-corrected chi connectivity index (χ2v) is 13.9. The zero-order valence-corrected chi connectivity index (χ0v) is 29.4. The van der Waals surface area contributed by atoms with E-state index in [0.29, 0.717) is 30.6 Å². The Morgan fingerprint density at radius 2 is 1.57 bits per heavy atom. The van der Waals surface area contributed by atoms with Crippen molar-refractivity contribution in [1.82, 2.24) is 8.87 Å². The van der Waals surface area contributed by atoms with E-state index in [1.54, 1.807) is 47.6 Å². The first kappa shape index (κ1) is 39.1. The fourth-order valence-electron chi connectivity index (χ4n) is 5.52. The van der Waals surface area contributed by atoms with E-state index < -0.39 is 21.5 Å². The number of pyridine rings is 1. The molecule has 1 aromatic heterocycles. The van der Waals surface area contributed by atoms with Gasteiger partial charge in [0.15, 0.2) is 0 Å². The predicted molar refractivity (Wildman–Crippen MR) is 184 cm³/mol. The van der Waals surface area contributed by atoms with E-state index in [4.69, 9.17) is 9.84 Å². The Kier molecular flexibility index (Phi) is 16.6. The highest BCUT2D eigenvalue weighted by Gasteiger charge is 2.29. The lowest BCUT2D eigenvalue weighted by atomic mass is 9.97. The van der Waals surface area contributed by atoms with E-state index in [9.17, 15) is 23.6 Å². The van der Waals surface area contributed by atoms with Gasteiger partial charge in [0.25, 0.3) is 5.56 Å². The zero-order valence-electron chi connectivity index (χ0n) is 28.6. The van der Waals surface area contributed by atoms with Gasteiger partial charge in [0.05, 0.1) is 36.9 Å². The van der Waals surface area contributed by atoms with Crippen molar-refractivity contribution in [2.75, 3.05) is 50.4 Å². The maximum Gasteiger partial charge on any atom is 0.278 e. The van der Waals surface area contributed by atoms with Crippen LogP contribution in [0.15, 0.2) is 34.0 Å². The lowest BCUT2D eigenvalue weighted by Gasteiger charge is -2.30. The number of benzene rings is 1. The number of sulfonamides is 1. The van der Waals surface area contributed by atoms with Crippen LogP contribution in [0.3, 0.4) is 0 Å². The number of aromatic hydroxyl groups is 1. The molecule has 1 aromatic carbocycles. The van der Waals surface area contributed by atoms with Gasteiger partial charge >= 0.3 is 0 Å².